The molecule has 1 aromatic carbocycles. The molecule has 0 aromatic heterocycles. The second-order valence-corrected chi connectivity index (χ2v) is 7.21. The third-order valence-electron chi connectivity index (χ3n) is 5.44. The lowest BCUT2D eigenvalue weighted by molar-refractivity contribution is 0.361. The molecule has 4 nitrogen and oxygen atoms in total. The molecule has 0 radical (unpaired) electrons. The third-order valence-corrected chi connectivity index (χ3v) is 5.44. The van der Waals surface area contributed by atoms with Crippen molar-refractivity contribution in [3.8, 4) is 0 Å². The summed E-state index contributed by atoms with van der Waals surface area (Å²) in [6.07, 6.45) is 5.20. The molecule has 3 heterocycles. The summed E-state index contributed by atoms with van der Waals surface area (Å²) in [6, 6.07) is 6.74. The summed E-state index contributed by atoms with van der Waals surface area (Å²) in [7, 11) is 0. The minimum atomic E-state index is 0.303. The average molecular weight is 334 g/mol. The third kappa shape index (κ3) is 3.07. The fourth-order valence-electron chi connectivity index (χ4n) is 3.74. The SMILES string of the molecule is C=Cc1ccc2c(c1)CC1=CC(C)C(C)N=C1C(N1CCNCC1)=N2. The number of dihydropyridines is 1. The van der Waals surface area contributed by atoms with E-state index in [4.69, 9.17) is 9.98 Å². The number of piperazine rings is 1. The predicted molar refractivity (Wildman–Crippen MR) is 106 cm³/mol. The Bertz CT molecular complexity index is 781. The molecule has 1 fully saturated rings. The van der Waals surface area contributed by atoms with Crippen molar-refractivity contribution in [2.24, 2.45) is 15.9 Å². The number of hydrogen-bond acceptors (Lipinski definition) is 4. The lowest BCUT2D eigenvalue weighted by Gasteiger charge is -2.33. The molecule has 25 heavy (non-hydrogen) atoms. The van der Waals surface area contributed by atoms with Crippen LogP contribution in [0.4, 0.5) is 5.69 Å². The molecule has 3 aliphatic heterocycles. The Balaban J connectivity index is 1.84. The van der Waals surface area contributed by atoms with Crippen molar-refractivity contribution in [3.05, 3.63) is 47.6 Å². The van der Waals surface area contributed by atoms with Gasteiger partial charge in [-0.05, 0) is 41.7 Å². The van der Waals surface area contributed by atoms with E-state index in [0.29, 0.717) is 12.0 Å². The number of benzene rings is 1. The van der Waals surface area contributed by atoms with E-state index >= 15 is 0 Å². The van der Waals surface area contributed by atoms with Gasteiger partial charge in [-0.1, -0.05) is 31.7 Å². The Morgan fingerprint density at radius 2 is 2.04 bits per heavy atom. The van der Waals surface area contributed by atoms with Gasteiger partial charge in [-0.2, -0.15) is 0 Å². The summed E-state index contributed by atoms with van der Waals surface area (Å²) < 4.78 is 0. The van der Waals surface area contributed by atoms with Crippen molar-refractivity contribution in [3.63, 3.8) is 0 Å². The van der Waals surface area contributed by atoms with E-state index in [1.807, 2.05) is 6.08 Å². The Kier molecular flexibility index (Phi) is 4.30. The van der Waals surface area contributed by atoms with Crippen LogP contribution in [0.5, 0.6) is 0 Å². The fourth-order valence-corrected chi connectivity index (χ4v) is 3.74. The number of fused-ring (bicyclic) bond motifs is 2. The van der Waals surface area contributed by atoms with Gasteiger partial charge in [-0.25, -0.2) is 4.99 Å². The lowest BCUT2D eigenvalue weighted by Crippen LogP contribution is -2.49. The summed E-state index contributed by atoms with van der Waals surface area (Å²) in [5.74, 6) is 1.52. The fraction of sp³-hybridized carbons (Fsp3) is 0.429. The van der Waals surface area contributed by atoms with E-state index in [-0.39, 0.29) is 0 Å². The predicted octanol–water partition coefficient (Wildman–Crippen LogP) is 3.23. The number of nitrogens with zero attached hydrogens (tertiary/aromatic N) is 3. The number of hydrogen-bond donors (Lipinski definition) is 1. The van der Waals surface area contributed by atoms with E-state index < -0.39 is 0 Å². The molecule has 2 atom stereocenters. The molecule has 1 saturated heterocycles. The molecule has 0 aliphatic carbocycles. The van der Waals surface area contributed by atoms with Gasteiger partial charge in [0.15, 0.2) is 5.84 Å². The lowest BCUT2D eigenvalue weighted by atomic mass is 9.90. The van der Waals surface area contributed by atoms with Gasteiger partial charge in [-0.15, -0.1) is 0 Å². The van der Waals surface area contributed by atoms with Crippen LogP contribution in [0.15, 0.2) is 46.4 Å². The molecule has 0 saturated carbocycles. The molecule has 0 bridgehead atoms. The Morgan fingerprint density at radius 3 is 2.80 bits per heavy atom. The molecule has 130 valence electrons. The maximum absolute atomic E-state index is 5.09. The summed E-state index contributed by atoms with van der Waals surface area (Å²) in [4.78, 5) is 12.5. The maximum atomic E-state index is 5.09. The number of amidine groups is 1. The molecular weight excluding hydrogens is 308 g/mol. The van der Waals surface area contributed by atoms with Crippen LogP contribution in [0.1, 0.15) is 25.0 Å². The van der Waals surface area contributed by atoms with E-state index in [2.05, 4.69) is 54.9 Å². The highest BCUT2D eigenvalue weighted by molar-refractivity contribution is 6.48. The summed E-state index contributed by atoms with van der Waals surface area (Å²) in [5, 5.41) is 3.43. The zero-order valence-corrected chi connectivity index (χ0v) is 15.1. The topological polar surface area (TPSA) is 40.0 Å². The van der Waals surface area contributed by atoms with Crippen LogP contribution in [0, 0.1) is 5.92 Å². The van der Waals surface area contributed by atoms with Gasteiger partial charge in [0, 0.05) is 32.6 Å². The van der Waals surface area contributed by atoms with Crippen LogP contribution in [0.25, 0.3) is 6.08 Å². The van der Waals surface area contributed by atoms with Crippen molar-refractivity contribution in [2.45, 2.75) is 26.3 Å². The van der Waals surface area contributed by atoms with Crippen LogP contribution < -0.4 is 5.32 Å². The summed E-state index contributed by atoms with van der Waals surface area (Å²) in [6.45, 7) is 12.3. The Labute approximate surface area is 150 Å². The second-order valence-electron chi connectivity index (χ2n) is 7.21. The van der Waals surface area contributed by atoms with Crippen LogP contribution in [-0.4, -0.2) is 48.7 Å². The first-order valence-electron chi connectivity index (χ1n) is 9.24. The first-order valence-corrected chi connectivity index (χ1v) is 9.24. The van der Waals surface area contributed by atoms with Gasteiger partial charge in [0.1, 0.15) is 5.71 Å². The number of nitrogens with one attached hydrogen (secondary N) is 1. The molecule has 2 unspecified atom stereocenters. The average Bonchev–Trinajstić information content (AvgIpc) is 2.79. The molecule has 0 amide bonds. The smallest absolute Gasteiger partial charge is 0.155 e. The van der Waals surface area contributed by atoms with E-state index in [9.17, 15) is 0 Å². The van der Waals surface area contributed by atoms with Crippen LogP contribution in [0.2, 0.25) is 0 Å². The molecule has 3 aliphatic rings. The molecular formula is C21H26N4. The Hall–Kier alpha value is -2.20. The summed E-state index contributed by atoms with van der Waals surface area (Å²) >= 11 is 0. The highest BCUT2D eigenvalue weighted by atomic mass is 15.2. The number of rotatable bonds is 1. The second kappa shape index (κ2) is 6.60. The maximum Gasteiger partial charge on any atom is 0.155 e. The monoisotopic (exact) mass is 334 g/mol. The first-order chi connectivity index (χ1) is 12.2. The van der Waals surface area contributed by atoms with Crippen molar-refractivity contribution >= 4 is 23.3 Å². The zero-order chi connectivity index (χ0) is 17.4. The minimum Gasteiger partial charge on any atom is -0.352 e. The van der Waals surface area contributed by atoms with E-state index in [1.165, 1.54) is 11.1 Å². The molecule has 1 aromatic rings. The minimum absolute atomic E-state index is 0.303. The molecule has 0 spiro atoms. The van der Waals surface area contributed by atoms with Crippen molar-refractivity contribution < 1.29 is 0 Å². The van der Waals surface area contributed by atoms with Gasteiger partial charge in [0.2, 0.25) is 0 Å². The Morgan fingerprint density at radius 1 is 1.24 bits per heavy atom. The van der Waals surface area contributed by atoms with Crippen LogP contribution >= 0.6 is 0 Å². The largest absolute Gasteiger partial charge is 0.352 e. The van der Waals surface area contributed by atoms with Crippen LogP contribution in [0.3, 0.4) is 0 Å². The highest BCUT2D eigenvalue weighted by Crippen LogP contribution is 2.32. The van der Waals surface area contributed by atoms with Crippen molar-refractivity contribution in [2.75, 3.05) is 26.2 Å². The van der Waals surface area contributed by atoms with Gasteiger partial charge in [0.05, 0.1) is 11.7 Å². The van der Waals surface area contributed by atoms with Crippen molar-refractivity contribution in [1.29, 1.82) is 0 Å². The van der Waals surface area contributed by atoms with Crippen LogP contribution in [-0.2, 0) is 6.42 Å². The highest BCUT2D eigenvalue weighted by Gasteiger charge is 2.30. The van der Waals surface area contributed by atoms with Gasteiger partial charge < -0.3 is 10.2 Å². The normalized spacial score (nSPS) is 25.8. The standard InChI is InChI=1S/C21H26N4/c1-4-16-5-6-19-17(12-16)13-18-11-14(2)15(3)23-20(18)21(24-19)25-9-7-22-8-10-25/h4-6,11-12,14-15,22H,1,7-10,13H2,2-3H3. The van der Waals surface area contributed by atoms with Gasteiger partial charge in [-0.3, -0.25) is 4.99 Å². The quantitative estimate of drug-likeness (QED) is 0.856. The van der Waals surface area contributed by atoms with E-state index in [0.717, 1.165) is 55.4 Å². The summed E-state index contributed by atoms with van der Waals surface area (Å²) in [5.41, 5.74) is 5.91. The van der Waals surface area contributed by atoms with Crippen molar-refractivity contribution in [1.82, 2.24) is 10.2 Å². The van der Waals surface area contributed by atoms with E-state index in [1.54, 1.807) is 0 Å². The molecule has 4 heteroatoms. The van der Waals surface area contributed by atoms with Gasteiger partial charge in [0.25, 0.3) is 0 Å². The van der Waals surface area contributed by atoms with Gasteiger partial charge >= 0.3 is 0 Å². The first kappa shape index (κ1) is 16.3. The zero-order valence-electron chi connectivity index (χ0n) is 15.1. The number of aliphatic imine (C=N–C) groups is 2. The molecule has 4 rings (SSSR count). The molecule has 1 N–H and O–H groups in total.